The minimum Gasteiger partial charge on any atom is -0.271 e. The van der Waals surface area contributed by atoms with Crippen LogP contribution in [0.5, 0.6) is 0 Å². The van der Waals surface area contributed by atoms with Crippen LogP contribution in [0.3, 0.4) is 0 Å². The number of rotatable bonds is 3. The second-order valence-electron chi connectivity index (χ2n) is 2.75. The number of hydrogen-bond donors (Lipinski definition) is 2. The van der Waals surface area contributed by atoms with Crippen LogP contribution in [0.2, 0.25) is 0 Å². The summed E-state index contributed by atoms with van der Waals surface area (Å²) in [6.45, 7) is 1.81. The van der Waals surface area contributed by atoms with Gasteiger partial charge in [-0.25, -0.2) is 0 Å². The summed E-state index contributed by atoms with van der Waals surface area (Å²) < 4.78 is 0.957. The molecule has 1 heterocycles. The van der Waals surface area contributed by atoms with Gasteiger partial charge in [0.25, 0.3) is 0 Å². The standard InChI is InChI=1S/C10H12BrN3/c1-2-3-4-10(14-12)9-6-5-8(11)7-13-9/h5-7,10,14H,4,12H2,1H3. The fraction of sp³-hybridized carbons (Fsp3) is 0.300. The predicted molar refractivity (Wildman–Crippen MR) is 60.1 cm³/mol. The molecule has 0 fully saturated rings. The van der Waals surface area contributed by atoms with Crippen molar-refractivity contribution in [2.45, 2.75) is 19.4 Å². The van der Waals surface area contributed by atoms with Crippen LogP contribution < -0.4 is 11.3 Å². The maximum Gasteiger partial charge on any atom is 0.0741 e. The summed E-state index contributed by atoms with van der Waals surface area (Å²) in [7, 11) is 0. The Morgan fingerprint density at radius 1 is 1.64 bits per heavy atom. The van der Waals surface area contributed by atoms with Gasteiger partial charge in [0.2, 0.25) is 0 Å². The molecule has 0 amide bonds. The molecule has 14 heavy (non-hydrogen) atoms. The molecule has 1 aromatic rings. The van der Waals surface area contributed by atoms with Crippen LogP contribution in [0.25, 0.3) is 0 Å². The number of halogens is 1. The number of hydrazine groups is 1. The van der Waals surface area contributed by atoms with Crippen LogP contribution in [0.4, 0.5) is 0 Å². The Morgan fingerprint density at radius 2 is 2.43 bits per heavy atom. The zero-order valence-electron chi connectivity index (χ0n) is 7.92. The lowest BCUT2D eigenvalue weighted by Crippen LogP contribution is -2.28. The number of nitrogens with two attached hydrogens (primary N) is 1. The summed E-state index contributed by atoms with van der Waals surface area (Å²) in [5, 5.41) is 0. The van der Waals surface area contributed by atoms with Crippen LogP contribution in [0.15, 0.2) is 22.8 Å². The number of hydrogen-bond acceptors (Lipinski definition) is 3. The Hall–Kier alpha value is -0.890. The van der Waals surface area contributed by atoms with E-state index in [4.69, 9.17) is 5.84 Å². The molecule has 0 aliphatic rings. The summed E-state index contributed by atoms with van der Waals surface area (Å²) >= 11 is 3.33. The van der Waals surface area contributed by atoms with Crippen LogP contribution in [-0.4, -0.2) is 4.98 Å². The van der Waals surface area contributed by atoms with Crippen LogP contribution in [0.1, 0.15) is 25.1 Å². The van der Waals surface area contributed by atoms with E-state index in [0.29, 0.717) is 6.42 Å². The normalized spacial score (nSPS) is 11.6. The average molecular weight is 254 g/mol. The summed E-state index contributed by atoms with van der Waals surface area (Å²) in [5.41, 5.74) is 3.59. The highest BCUT2D eigenvalue weighted by Crippen LogP contribution is 2.15. The largest absolute Gasteiger partial charge is 0.271 e. The molecule has 0 aliphatic carbocycles. The maximum atomic E-state index is 5.41. The molecule has 1 unspecified atom stereocenters. The van der Waals surface area contributed by atoms with Gasteiger partial charge in [-0.15, -0.1) is 11.8 Å². The van der Waals surface area contributed by atoms with Crippen molar-refractivity contribution in [3.8, 4) is 11.8 Å². The first-order chi connectivity index (χ1) is 6.77. The second kappa shape index (κ2) is 5.76. The van der Waals surface area contributed by atoms with Crippen molar-refractivity contribution in [1.82, 2.24) is 10.4 Å². The van der Waals surface area contributed by atoms with E-state index < -0.39 is 0 Å². The highest BCUT2D eigenvalue weighted by atomic mass is 79.9. The fourth-order valence-electron chi connectivity index (χ4n) is 1.05. The topological polar surface area (TPSA) is 50.9 Å². The number of pyridine rings is 1. The van der Waals surface area contributed by atoms with Crippen molar-refractivity contribution in [2.75, 3.05) is 0 Å². The molecule has 0 bridgehead atoms. The summed E-state index contributed by atoms with van der Waals surface area (Å²) in [5.74, 6) is 11.2. The fourth-order valence-corrected chi connectivity index (χ4v) is 1.28. The number of aromatic nitrogens is 1. The molecule has 3 nitrogen and oxygen atoms in total. The first kappa shape index (κ1) is 11.2. The monoisotopic (exact) mass is 253 g/mol. The first-order valence-corrected chi connectivity index (χ1v) is 5.04. The maximum absolute atomic E-state index is 5.41. The highest BCUT2D eigenvalue weighted by Gasteiger charge is 2.08. The van der Waals surface area contributed by atoms with Crippen molar-refractivity contribution in [2.24, 2.45) is 5.84 Å². The summed E-state index contributed by atoms with van der Waals surface area (Å²) in [6.07, 6.45) is 2.42. The molecule has 0 aromatic carbocycles. The van der Waals surface area contributed by atoms with Gasteiger partial charge < -0.3 is 0 Å². The van der Waals surface area contributed by atoms with Gasteiger partial charge in [0.15, 0.2) is 0 Å². The van der Waals surface area contributed by atoms with Crippen LogP contribution in [-0.2, 0) is 0 Å². The van der Waals surface area contributed by atoms with Crippen molar-refractivity contribution in [1.29, 1.82) is 0 Å². The third-order valence-corrected chi connectivity index (χ3v) is 2.26. The average Bonchev–Trinajstić information content (AvgIpc) is 2.21. The smallest absolute Gasteiger partial charge is 0.0741 e. The Morgan fingerprint density at radius 3 is 2.93 bits per heavy atom. The quantitative estimate of drug-likeness (QED) is 0.491. The number of nitrogens with one attached hydrogen (secondary N) is 1. The molecule has 0 radical (unpaired) electrons. The van der Waals surface area contributed by atoms with Gasteiger partial charge in [-0.2, -0.15) is 0 Å². The van der Waals surface area contributed by atoms with Crippen molar-refractivity contribution in [3.63, 3.8) is 0 Å². The molecule has 0 spiro atoms. The van der Waals surface area contributed by atoms with E-state index in [0.717, 1.165) is 10.2 Å². The number of nitrogens with zero attached hydrogens (tertiary/aromatic N) is 1. The molecule has 0 aliphatic heterocycles. The molecule has 1 aromatic heterocycles. The van der Waals surface area contributed by atoms with Crippen molar-refractivity contribution in [3.05, 3.63) is 28.5 Å². The van der Waals surface area contributed by atoms with E-state index in [2.05, 4.69) is 38.2 Å². The lowest BCUT2D eigenvalue weighted by molar-refractivity contribution is 0.553. The molecule has 0 saturated heterocycles. The lowest BCUT2D eigenvalue weighted by atomic mass is 10.1. The zero-order valence-corrected chi connectivity index (χ0v) is 9.51. The van der Waals surface area contributed by atoms with Crippen LogP contribution >= 0.6 is 15.9 Å². The van der Waals surface area contributed by atoms with Gasteiger partial charge >= 0.3 is 0 Å². The predicted octanol–water partition coefficient (Wildman–Crippen LogP) is 1.76. The lowest BCUT2D eigenvalue weighted by Gasteiger charge is -2.11. The first-order valence-electron chi connectivity index (χ1n) is 4.25. The third kappa shape index (κ3) is 3.11. The SMILES string of the molecule is CC#CCC(NN)c1ccc(Br)cn1. The Labute approximate surface area is 92.2 Å². The van der Waals surface area contributed by atoms with E-state index in [-0.39, 0.29) is 6.04 Å². The van der Waals surface area contributed by atoms with E-state index in [9.17, 15) is 0 Å². The zero-order chi connectivity index (χ0) is 10.4. The van der Waals surface area contributed by atoms with Gasteiger partial charge in [-0.3, -0.25) is 16.3 Å². The van der Waals surface area contributed by atoms with Gasteiger partial charge in [0, 0.05) is 17.1 Å². The second-order valence-corrected chi connectivity index (χ2v) is 3.67. The van der Waals surface area contributed by atoms with Crippen LogP contribution in [0, 0.1) is 11.8 Å². The van der Waals surface area contributed by atoms with Gasteiger partial charge in [0.05, 0.1) is 11.7 Å². The summed E-state index contributed by atoms with van der Waals surface area (Å²) in [6, 6.07) is 3.86. The molecule has 4 heteroatoms. The molecule has 74 valence electrons. The molecular formula is C10H12BrN3. The van der Waals surface area contributed by atoms with Crippen molar-refractivity contribution >= 4 is 15.9 Å². The van der Waals surface area contributed by atoms with E-state index >= 15 is 0 Å². The van der Waals surface area contributed by atoms with E-state index in [1.54, 1.807) is 6.20 Å². The molecule has 0 saturated carbocycles. The van der Waals surface area contributed by atoms with Gasteiger partial charge in [-0.1, -0.05) is 0 Å². The van der Waals surface area contributed by atoms with E-state index in [1.807, 2.05) is 19.1 Å². The van der Waals surface area contributed by atoms with Gasteiger partial charge in [0.1, 0.15) is 0 Å². The van der Waals surface area contributed by atoms with E-state index in [1.165, 1.54) is 0 Å². The van der Waals surface area contributed by atoms with Crippen molar-refractivity contribution < 1.29 is 0 Å². The Balaban J connectivity index is 2.76. The Kier molecular flexibility index (Phi) is 4.60. The van der Waals surface area contributed by atoms with Gasteiger partial charge in [-0.05, 0) is 35.0 Å². The molecule has 1 atom stereocenters. The highest BCUT2D eigenvalue weighted by molar-refractivity contribution is 9.10. The molecular weight excluding hydrogens is 242 g/mol. The summed E-state index contributed by atoms with van der Waals surface area (Å²) in [4.78, 5) is 4.25. The minimum atomic E-state index is -0.00412. The Bertz CT molecular complexity index is 337. The third-order valence-electron chi connectivity index (χ3n) is 1.79. The minimum absolute atomic E-state index is 0.00412. The molecule has 3 N–H and O–H groups in total. The molecule has 1 rings (SSSR count).